The zero-order valence-electron chi connectivity index (χ0n) is 10.6. The minimum atomic E-state index is -0.356. The van der Waals surface area contributed by atoms with Gasteiger partial charge in [-0.15, -0.1) is 0 Å². The molecule has 0 saturated heterocycles. The molecule has 0 aromatic heterocycles. The fourth-order valence-electron chi connectivity index (χ4n) is 2.42. The lowest BCUT2D eigenvalue weighted by Crippen LogP contribution is -2.36. The first-order valence-electron chi connectivity index (χ1n) is 6.25. The van der Waals surface area contributed by atoms with E-state index >= 15 is 0 Å². The van der Waals surface area contributed by atoms with Gasteiger partial charge in [0.2, 0.25) is 0 Å². The van der Waals surface area contributed by atoms with Crippen LogP contribution >= 0.6 is 11.6 Å². The summed E-state index contributed by atoms with van der Waals surface area (Å²) in [7, 11) is 0. The zero-order valence-corrected chi connectivity index (χ0v) is 11.4. The molecule has 2 aromatic carbocycles. The highest BCUT2D eigenvalue weighted by Gasteiger charge is 2.29. The van der Waals surface area contributed by atoms with Crippen molar-refractivity contribution >= 4 is 23.2 Å². The molecule has 1 aliphatic heterocycles. The SMILES string of the molecule is NC1=NCC(c2cc(F)cc(Cl)c2)N1c1ccccc1. The first kappa shape index (κ1) is 12.9. The Hall–Kier alpha value is -2.07. The Labute approximate surface area is 121 Å². The fourth-order valence-corrected chi connectivity index (χ4v) is 2.65. The summed E-state index contributed by atoms with van der Waals surface area (Å²) in [6.07, 6.45) is 0. The van der Waals surface area contributed by atoms with E-state index in [4.69, 9.17) is 17.3 Å². The lowest BCUT2D eigenvalue weighted by Gasteiger charge is -2.26. The van der Waals surface area contributed by atoms with Crippen LogP contribution in [0.15, 0.2) is 53.5 Å². The van der Waals surface area contributed by atoms with Crippen LogP contribution in [0.5, 0.6) is 0 Å². The largest absolute Gasteiger partial charge is 0.369 e. The second-order valence-corrected chi connectivity index (χ2v) is 5.06. The number of hydrogen-bond acceptors (Lipinski definition) is 3. The number of para-hydroxylation sites is 1. The molecule has 3 rings (SSSR count). The number of anilines is 1. The quantitative estimate of drug-likeness (QED) is 0.921. The third-order valence-corrected chi connectivity index (χ3v) is 3.51. The summed E-state index contributed by atoms with van der Waals surface area (Å²) in [5.41, 5.74) is 7.66. The number of benzene rings is 2. The molecule has 0 amide bonds. The van der Waals surface area contributed by atoms with E-state index in [2.05, 4.69) is 4.99 Å². The summed E-state index contributed by atoms with van der Waals surface area (Å²) in [5, 5.41) is 0.374. The van der Waals surface area contributed by atoms with Gasteiger partial charge in [0.1, 0.15) is 5.82 Å². The van der Waals surface area contributed by atoms with E-state index in [1.165, 1.54) is 12.1 Å². The molecule has 0 bridgehead atoms. The predicted octanol–water partition coefficient (Wildman–Crippen LogP) is 3.36. The van der Waals surface area contributed by atoms with E-state index in [9.17, 15) is 4.39 Å². The van der Waals surface area contributed by atoms with Crippen LogP contribution in [0.4, 0.5) is 10.1 Å². The summed E-state index contributed by atoms with van der Waals surface area (Å²) in [6.45, 7) is 0.487. The number of nitrogens with two attached hydrogens (primary N) is 1. The summed E-state index contributed by atoms with van der Waals surface area (Å²) >= 11 is 5.93. The molecule has 2 N–H and O–H groups in total. The summed E-state index contributed by atoms with van der Waals surface area (Å²) in [5.74, 6) is 0.0765. The van der Waals surface area contributed by atoms with E-state index in [0.29, 0.717) is 17.5 Å². The number of hydrogen-bond donors (Lipinski definition) is 1. The van der Waals surface area contributed by atoms with Crippen molar-refractivity contribution in [2.75, 3.05) is 11.4 Å². The van der Waals surface area contributed by atoms with Gasteiger partial charge in [-0.25, -0.2) is 4.39 Å². The molecule has 1 heterocycles. The highest BCUT2D eigenvalue weighted by atomic mass is 35.5. The van der Waals surface area contributed by atoms with E-state index in [1.807, 2.05) is 35.2 Å². The molecule has 5 heteroatoms. The normalized spacial score (nSPS) is 18.2. The standard InChI is InChI=1S/C15H13ClFN3/c16-11-6-10(7-12(17)8-11)14-9-19-15(18)20(14)13-4-2-1-3-5-13/h1-8,14H,9H2,(H2,18,19). The maximum Gasteiger partial charge on any atom is 0.196 e. The van der Waals surface area contributed by atoms with Crippen LogP contribution < -0.4 is 10.6 Å². The molecule has 20 heavy (non-hydrogen) atoms. The van der Waals surface area contributed by atoms with Crippen LogP contribution in [-0.4, -0.2) is 12.5 Å². The van der Waals surface area contributed by atoms with E-state index in [-0.39, 0.29) is 11.9 Å². The molecule has 0 aliphatic carbocycles. The third kappa shape index (κ3) is 2.34. The van der Waals surface area contributed by atoms with E-state index < -0.39 is 0 Å². The highest BCUT2D eigenvalue weighted by molar-refractivity contribution is 6.30. The number of aliphatic imine (C=N–C) groups is 1. The third-order valence-electron chi connectivity index (χ3n) is 3.29. The topological polar surface area (TPSA) is 41.6 Å². The number of halogens is 2. The minimum Gasteiger partial charge on any atom is -0.369 e. The second kappa shape index (κ2) is 5.13. The maximum absolute atomic E-state index is 13.5. The molecule has 102 valence electrons. The summed E-state index contributed by atoms with van der Waals surface area (Å²) in [6, 6.07) is 14.1. The van der Waals surface area contributed by atoms with Crippen LogP contribution in [0.25, 0.3) is 0 Å². The van der Waals surface area contributed by atoms with Crippen LogP contribution in [0.1, 0.15) is 11.6 Å². The smallest absolute Gasteiger partial charge is 0.196 e. The number of nitrogens with zero attached hydrogens (tertiary/aromatic N) is 2. The van der Waals surface area contributed by atoms with Crippen molar-refractivity contribution in [3.63, 3.8) is 0 Å². The molecule has 0 spiro atoms. The molecule has 2 aromatic rings. The average Bonchev–Trinajstić information content (AvgIpc) is 2.80. The first-order chi connectivity index (χ1) is 9.65. The van der Waals surface area contributed by atoms with Gasteiger partial charge in [-0.2, -0.15) is 0 Å². The van der Waals surface area contributed by atoms with Crippen LogP contribution in [0.2, 0.25) is 5.02 Å². The van der Waals surface area contributed by atoms with Gasteiger partial charge in [-0.1, -0.05) is 29.8 Å². The number of rotatable bonds is 2. The molecule has 0 radical (unpaired) electrons. The Morgan fingerprint density at radius 2 is 1.95 bits per heavy atom. The maximum atomic E-state index is 13.5. The monoisotopic (exact) mass is 289 g/mol. The molecule has 3 nitrogen and oxygen atoms in total. The zero-order chi connectivity index (χ0) is 14.1. The summed E-state index contributed by atoms with van der Waals surface area (Å²) < 4.78 is 13.5. The van der Waals surface area contributed by atoms with Crippen molar-refractivity contribution in [2.45, 2.75) is 6.04 Å². The second-order valence-electron chi connectivity index (χ2n) is 4.62. The Bertz CT molecular complexity index is 637. The highest BCUT2D eigenvalue weighted by Crippen LogP contribution is 2.32. The molecule has 1 aliphatic rings. The van der Waals surface area contributed by atoms with Gasteiger partial charge in [0, 0.05) is 10.7 Å². The van der Waals surface area contributed by atoms with Crippen molar-refractivity contribution in [1.29, 1.82) is 0 Å². The number of guanidine groups is 1. The molecule has 0 saturated carbocycles. The molecule has 0 fully saturated rings. The van der Waals surface area contributed by atoms with Crippen molar-refractivity contribution in [2.24, 2.45) is 10.7 Å². The first-order valence-corrected chi connectivity index (χ1v) is 6.63. The Balaban J connectivity index is 2.01. The van der Waals surface area contributed by atoms with Crippen molar-refractivity contribution < 1.29 is 4.39 Å². The molecule has 1 unspecified atom stereocenters. The van der Waals surface area contributed by atoms with Crippen molar-refractivity contribution in [1.82, 2.24) is 0 Å². The molecular weight excluding hydrogens is 277 g/mol. The van der Waals surface area contributed by atoms with Gasteiger partial charge >= 0.3 is 0 Å². The van der Waals surface area contributed by atoms with Gasteiger partial charge in [-0.05, 0) is 35.9 Å². The summed E-state index contributed by atoms with van der Waals surface area (Å²) in [4.78, 5) is 6.16. The molecular formula is C15H13ClFN3. The van der Waals surface area contributed by atoms with Crippen LogP contribution in [0, 0.1) is 5.82 Å². The van der Waals surface area contributed by atoms with Gasteiger partial charge in [-0.3, -0.25) is 4.99 Å². The Morgan fingerprint density at radius 3 is 2.65 bits per heavy atom. The Morgan fingerprint density at radius 1 is 1.20 bits per heavy atom. The lowest BCUT2D eigenvalue weighted by molar-refractivity contribution is 0.621. The fraction of sp³-hybridized carbons (Fsp3) is 0.133. The van der Waals surface area contributed by atoms with E-state index in [0.717, 1.165) is 11.3 Å². The Kier molecular flexibility index (Phi) is 3.32. The van der Waals surface area contributed by atoms with Crippen molar-refractivity contribution in [3.05, 3.63) is 64.9 Å². The van der Waals surface area contributed by atoms with Crippen LogP contribution in [0.3, 0.4) is 0 Å². The van der Waals surface area contributed by atoms with Crippen LogP contribution in [-0.2, 0) is 0 Å². The molecule has 1 atom stereocenters. The lowest BCUT2D eigenvalue weighted by atomic mass is 10.1. The van der Waals surface area contributed by atoms with E-state index in [1.54, 1.807) is 6.07 Å². The predicted molar refractivity (Wildman–Crippen MR) is 79.6 cm³/mol. The average molecular weight is 290 g/mol. The minimum absolute atomic E-state index is 0.134. The van der Waals surface area contributed by atoms with Crippen molar-refractivity contribution in [3.8, 4) is 0 Å². The van der Waals surface area contributed by atoms with Gasteiger partial charge in [0.05, 0.1) is 12.6 Å². The van der Waals surface area contributed by atoms with Gasteiger partial charge in [0.25, 0.3) is 0 Å². The van der Waals surface area contributed by atoms with Gasteiger partial charge < -0.3 is 10.6 Å². The van der Waals surface area contributed by atoms with Gasteiger partial charge in [0.15, 0.2) is 5.96 Å².